The van der Waals surface area contributed by atoms with Gasteiger partial charge in [-0.25, -0.2) is 0 Å². The molecule has 0 heterocycles. The lowest BCUT2D eigenvalue weighted by molar-refractivity contribution is 0.101. The van der Waals surface area contributed by atoms with Crippen LogP contribution in [0.5, 0.6) is 11.5 Å². The fourth-order valence-electron chi connectivity index (χ4n) is 3.53. The van der Waals surface area contributed by atoms with E-state index in [-0.39, 0.29) is 16.6 Å². The van der Waals surface area contributed by atoms with E-state index in [9.17, 15) is 4.79 Å². The van der Waals surface area contributed by atoms with Crippen molar-refractivity contribution >= 4 is 5.78 Å². The maximum absolute atomic E-state index is 11.4. The summed E-state index contributed by atoms with van der Waals surface area (Å²) in [5.74, 6) is 1.68. The molecule has 0 saturated heterocycles. The van der Waals surface area contributed by atoms with E-state index in [1.165, 1.54) is 24.0 Å². The largest absolute Gasteiger partial charge is 0.457 e. The van der Waals surface area contributed by atoms with Crippen LogP contribution in [0.2, 0.25) is 0 Å². The van der Waals surface area contributed by atoms with Crippen molar-refractivity contribution in [3.8, 4) is 11.5 Å². The van der Waals surface area contributed by atoms with Crippen LogP contribution in [0.1, 0.15) is 68.9 Å². The van der Waals surface area contributed by atoms with Crippen molar-refractivity contribution in [2.75, 3.05) is 0 Å². The summed E-state index contributed by atoms with van der Waals surface area (Å²) >= 11 is 0. The van der Waals surface area contributed by atoms with E-state index in [1.54, 1.807) is 6.92 Å². The third-order valence-corrected chi connectivity index (χ3v) is 5.32. The number of ether oxygens (including phenoxy) is 1. The van der Waals surface area contributed by atoms with Crippen LogP contribution in [0.3, 0.4) is 0 Å². The van der Waals surface area contributed by atoms with Gasteiger partial charge in [0.25, 0.3) is 0 Å². The van der Waals surface area contributed by atoms with Gasteiger partial charge in [-0.15, -0.1) is 0 Å². The average Bonchev–Trinajstić information content (AvgIpc) is 2.52. The van der Waals surface area contributed by atoms with E-state index < -0.39 is 0 Å². The summed E-state index contributed by atoms with van der Waals surface area (Å²) in [4.78, 5) is 11.4. The molecule has 3 rings (SSSR count). The number of hydrogen-bond acceptors (Lipinski definition) is 2. The van der Waals surface area contributed by atoms with Gasteiger partial charge in [0, 0.05) is 5.56 Å². The summed E-state index contributed by atoms with van der Waals surface area (Å²) in [7, 11) is 0. The molecule has 0 radical (unpaired) electrons. The molecule has 0 amide bonds. The Labute approximate surface area is 144 Å². The van der Waals surface area contributed by atoms with Gasteiger partial charge in [0.2, 0.25) is 0 Å². The quantitative estimate of drug-likeness (QED) is 0.645. The van der Waals surface area contributed by atoms with E-state index in [1.807, 2.05) is 24.3 Å². The van der Waals surface area contributed by atoms with E-state index in [2.05, 4.69) is 45.9 Å². The molecule has 0 N–H and O–H groups in total. The van der Waals surface area contributed by atoms with Gasteiger partial charge in [-0.05, 0) is 78.1 Å². The first-order chi connectivity index (χ1) is 11.2. The molecule has 0 bridgehead atoms. The highest BCUT2D eigenvalue weighted by atomic mass is 16.5. The van der Waals surface area contributed by atoms with Gasteiger partial charge < -0.3 is 4.74 Å². The summed E-state index contributed by atoms with van der Waals surface area (Å²) in [6, 6.07) is 13.8. The van der Waals surface area contributed by atoms with E-state index in [0.29, 0.717) is 5.56 Å². The number of Topliss-reactive ketones (excluding diaryl/α,β-unsaturated/α-hetero) is 1. The molecule has 0 saturated carbocycles. The van der Waals surface area contributed by atoms with Gasteiger partial charge in [0.05, 0.1) is 0 Å². The number of fused-ring (bicyclic) bond motifs is 1. The van der Waals surface area contributed by atoms with Gasteiger partial charge in [0.1, 0.15) is 11.5 Å². The predicted octanol–water partition coefficient (Wildman–Crippen LogP) is 6.03. The van der Waals surface area contributed by atoms with Crippen molar-refractivity contribution in [1.29, 1.82) is 0 Å². The second kappa shape index (κ2) is 5.77. The standard InChI is InChI=1S/C22H26O2/c1-15(23)16-6-8-17(9-7-16)24-18-10-11-19-20(14-18)22(4,5)13-12-21(19,2)3/h6-11,14H,12-13H2,1-5H3. The number of rotatable bonds is 3. The fourth-order valence-corrected chi connectivity index (χ4v) is 3.53. The lowest BCUT2D eigenvalue weighted by Crippen LogP contribution is -2.33. The first-order valence-electron chi connectivity index (χ1n) is 8.63. The Morgan fingerprint density at radius 2 is 1.38 bits per heavy atom. The zero-order chi connectivity index (χ0) is 17.5. The molecule has 2 heteroatoms. The van der Waals surface area contributed by atoms with Crippen LogP contribution in [-0.4, -0.2) is 5.78 Å². The predicted molar refractivity (Wildman–Crippen MR) is 98.2 cm³/mol. The molecule has 24 heavy (non-hydrogen) atoms. The first-order valence-corrected chi connectivity index (χ1v) is 8.63. The lowest BCUT2D eigenvalue weighted by Gasteiger charge is -2.41. The third kappa shape index (κ3) is 3.10. The summed E-state index contributed by atoms with van der Waals surface area (Å²) < 4.78 is 6.03. The van der Waals surface area contributed by atoms with Crippen LogP contribution in [-0.2, 0) is 10.8 Å². The highest BCUT2D eigenvalue weighted by Crippen LogP contribution is 2.47. The molecule has 126 valence electrons. The molecule has 1 aliphatic rings. The minimum Gasteiger partial charge on any atom is -0.457 e. The number of benzene rings is 2. The summed E-state index contributed by atoms with van der Waals surface area (Å²) in [6.45, 7) is 10.8. The zero-order valence-electron chi connectivity index (χ0n) is 15.3. The van der Waals surface area contributed by atoms with Crippen molar-refractivity contribution in [2.45, 2.75) is 58.3 Å². The highest BCUT2D eigenvalue weighted by molar-refractivity contribution is 5.94. The molecule has 0 atom stereocenters. The maximum Gasteiger partial charge on any atom is 0.159 e. The number of carbonyl (C=O) groups is 1. The Balaban J connectivity index is 1.92. The van der Waals surface area contributed by atoms with Gasteiger partial charge in [-0.2, -0.15) is 0 Å². The maximum atomic E-state index is 11.4. The molecule has 0 spiro atoms. The van der Waals surface area contributed by atoms with Gasteiger partial charge in [0.15, 0.2) is 5.78 Å². The molecule has 0 fully saturated rings. The zero-order valence-corrected chi connectivity index (χ0v) is 15.3. The first kappa shape index (κ1) is 16.8. The molecule has 2 aromatic rings. The van der Waals surface area contributed by atoms with Crippen molar-refractivity contribution in [2.24, 2.45) is 0 Å². The van der Waals surface area contributed by atoms with E-state index in [0.717, 1.165) is 11.5 Å². The molecule has 1 aliphatic carbocycles. The molecular formula is C22H26O2. The lowest BCUT2D eigenvalue weighted by atomic mass is 9.63. The van der Waals surface area contributed by atoms with E-state index in [4.69, 9.17) is 4.74 Å². The second-order valence-corrected chi connectivity index (χ2v) is 8.16. The minimum absolute atomic E-state index is 0.0688. The Bertz CT molecular complexity index is 767. The van der Waals surface area contributed by atoms with Crippen LogP contribution >= 0.6 is 0 Å². The fraction of sp³-hybridized carbons (Fsp3) is 0.409. The summed E-state index contributed by atoms with van der Waals surface area (Å²) in [5, 5.41) is 0. The normalized spacial score (nSPS) is 17.9. The Morgan fingerprint density at radius 1 is 0.833 bits per heavy atom. The Morgan fingerprint density at radius 3 is 1.96 bits per heavy atom. The van der Waals surface area contributed by atoms with Gasteiger partial charge in [-0.1, -0.05) is 33.8 Å². The average molecular weight is 322 g/mol. The van der Waals surface area contributed by atoms with Crippen molar-refractivity contribution in [1.82, 2.24) is 0 Å². The SMILES string of the molecule is CC(=O)c1ccc(Oc2ccc3c(c2)C(C)(C)CCC3(C)C)cc1. The summed E-state index contributed by atoms with van der Waals surface area (Å²) in [5.41, 5.74) is 3.90. The minimum atomic E-state index is 0.0688. The van der Waals surface area contributed by atoms with Crippen molar-refractivity contribution in [3.05, 3.63) is 59.2 Å². The van der Waals surface area contributed by atoms with Crippen molar-refractivity contribution in [3.63, 3.8) is 0 Å². The molecule has 2 aromatic carbocycles. The molecule has 0 aliphatic heterocycles. The highest BCUT2D eigenvalue weighted by Gasteiger charge is 2.37. The van der Waals surface area contributed by atoms with Gasteiger partial charge in [-0.3, -0.25) is 4.79 Å². The van der Waals surface area contributed by atoms with Crippen molar-refractivity contribution < 1.29 is 9.53 Å². The molecule has 2 nitrogen and oxygen atoms in total. The van der Waals surface area contributed by atoms with Crippen LogP contribution < -0.4 is 4.74 Å². The number of carbonyl (C=O) groups excluding carboxylic acids is 1. The second-order valence-electron chi connectivity index (χ2n) is 8.16. The Kier molecular flexibility index (Phi) is 4.03. The van der Waals surface area contributed by atoms with Crippen LogP contribution in [0.15, 0.2) is 42.5 Å². The van der Waals surface area contributed by atoms with Crippen LogP contribution in [0.25, 0.3) is 0 Å². The Hall–Kier alpha value is -2.09. The number of hydrogen-bond donors (Lipinski definition) is 0. The number of ketones is 1. The monoisotopic (exact) mass is 322 g/mol. The third-order valence-electron chi connectivity index (χ3n) is 5.32. The smallest absolute Gasteiger partial charge is 0.159 e. The summed E-state index contributed by atoms with van der Waals surface area (Å²) in [6.07, 6.45) is 2.39. The van der Waals surface area contributed by atoms with Crippen LogP contribution in [0, 0.1) is 0 Å². The molecule has 0 unspecified atom stereocenters. The van der Waals surface area contributed by atoms with Crippen LogP contribution in [0.4, 0.5) is 0 Å². The molecular weight excluding hydrogens is 296 g/mol. The molecule has 0 aromatic heterocycles. The van der Waals surface area contributed by atoms with E-state index >= 15 is 0 Å². The van der Waals surface area contributed by atoms with Gasteiger partial charge >= 0.3 is 0 Å². The topological polar surface area (TPSA) is 26.3 Å².